The maximum atomic E-state index is 5.95. The lowest BCUT2D eigenvalue weighted by Crippen LogP contribution is -2.29. The molecule has 1 rings (SSSR count). The first kappa shape index (κ1) is 15.0. The minimum Gasteiger partial charge on any atom is -0.377 e. The molecule has 1 unspecified atom stereocenters. The predicted molar refractivity (Wildman–Crippen MR) is 74.4 cm³/mol. The topological polar surface area (TPSA) is 21.3 Å². The number of unbranched alkanes of at least 4 members (excludes halogenated alkanes) is 1. The van der Waals surface area contributed by atoms with Crippen LogP contribution in [-0.4, -0.2) is 25.8 Å². The summed E-state index contributed by atoms with van der Waals surface area (Å²) in [6.07, 6.45) is 11.4. The molecule has 1 aliphatic rings. The first-order chi connectivity index (χ1) is 8.33. The van der Waals surface area contributed by atoms with Crippen molar-refractivity contribution in [3.05, 3.63) is 0 Å². The van der Waals surface area contributed by atoms with Crippen LogP contribution in [0, 0.1) is 5.92 Å². The van der Waals surface area contributed by atoms with Gasteiger partial charge >= 0.3 is 0 Å². The number of nitrogens with one attached hydrogen (secondary N) is 1. The summed E-state index contributed by atoms with van der Waals surface area (Å²) in [4.78, 5) is 0. The van der Waals surface area contributed by atoms with E-state index in [2.05, 4.69) is 19.2 Å². The maximum absolute atomic E-state index is 5.95. The summed E-state index contributed by atoms with van der Waals surface area (Å²) in [5, 5.41) is 3.46. The summed E-state index contributed by atoms with van der Waals surface area (Å²) in [7, 11) is 0. The highest BCUT2D eigenvalue weighted by Gasteiger charge is 2.13. The quantitative estimate of drug-likeness (QED) is 0.516. The van der Waals surface area contributed by atoms with Gasteiger partial charge < -0.3 is 10.1 Å². The minimum absolute atomic E-state index is 0.370. The third-order valence-electron chi connectivity index (χ3n) is 3.73. The lowest BCUT2D eigenvalue weighted by molar-refractivity contribution is 0.0369. The molecular weight excluding hydrogens is 210 g/mol. The van der Waals surface area contributed by atoms with Gasteiger partial charge in [-0.05, 0) is 38.6 Å². The molecular formula is C15H31NO. The third-order valence-corrected chi connectivity index (χ3v) is 3.73. The fourth-order valence-corrected chi connectivity index (χ4v) is 2.50. The van der Waals surface area contributed by atoms with Gasteiger partial charge in [-0.2, -0.15) is 0 Å². The molecule has 0 spiro atoms. The van der Waals surface area contributed by atoms with Crippen LogP contribution in [0.5, 0.6) is 0 Å². The van der Waals surface area contributed by atoms with Crippen LogP contribution in [-0.2, 0) is 4.74 Å². The first-order valence-corrected chi connectivity index (χ1v) is 7.65. The molecule has 0 aromatic carbocycles. The summed E-state index contributed by atoms with van der Waals surface area (Å²) in [6, 6.07) is 0. The molecule has 1 fully saturated rings. The van der Waals surface area contributed by atoms with Crippen LogP contribution in [0.1, 0.15) is 65.2 Å². The second-order valence-electron chi connectivity index (χ2n) is 5.56. The average Bonchev–Trinajstić information content (AvgIpc) is 2.60. The van der Waals surface area contributed by atoms with Crippen molar-refractivity contribution in [2.45, 2.75) is 71.3 Å². The number of rotatable bonds is 8. The van der Waals surface area contributed by atoms with E-state index in [0.29, 0.717) is 6.10 Å². The highest BCUT2D eigenvalue weighted by atomic mass is 16.5. The van der Waals surface area contributed by atoms with Gasteiger partial charge in [0.25, 0.3) is 0 Å². The number of ether oxygens (including phenoxy) is 1. The van der Waals surface area contributed by atoms with Crippen LogP contribution in [0.25, 0.3) is 0 Å². The monoisotopic (exact) mass is 241 g/mol. The van der Waals surface area contributed by atoms with Gasteiger partial charge in [-0.1, -0.05) is 39.0 Å². The smallest absolute Gasteiger partial charge is 0.0671 e. The molecule has 2 heteroatoms. The summed E-state index contributed by atoms with van der Waals surface area (Å²) in [6.45, 7) is 7.54. The fourth-order valence-electron chi connectivity index (χ4n) is 2.50. The molecule has 0 amide bonds. The van der Waals surface area contributed by atoms with Crippen molar-refractivity contribution in [1.82, 2.24) is 5.32 Å². The van der Waals surface area contributed by atoms with Gasteiger partial charge in [0.1, 0.15) is 0 Å². The maximum Gasteiger partial charge on any atom is 0.0671 e. The Labute approximate surface area is 108 Å². The Morgan fingerprint density at radius 2 is 1.88 bits per heavy atom. The lowest BCUT2D eigenvalue weighted by atomic mass is 10.0. The van der Waals surface area contributed by atoms with Crippen LogP contribution < -0.4 is 5.32 Å². The van der Waals surface area contributed by atoms with E-state index in [9.17, 15) is 0 Å². The lowest BCUT2D eigenvalue weighted by Gasteiger charge is -2.19. The van der Waals surface area contributed by atoms with Gasteiger partial charge in [0.2, 0.25) is 0 Å². The molecule has 0 radical (unpaired) electrons. The summed E-state index contributed by atoms with van der Waals surface area (Å²) < 4.78 is 5.95. The van der Waals surface area contributed by atoms with Gasteiger partial charge in [-0.3, -0.25) is 0 Å². The van der Waals surface area contributed by atoms with Crippen molar-refractivity contribution < 1.29 is 4.74 Å². The SMILES string of the molecule is CCCCNCC(C)OCC1CCCCCC1. The summed E-state index contributed by atoms with van der Waals surface area (Å²) in [5.74, 6) is 0.829. The van der Waals surface area contributed by atoms with E-state index < -0.39 is 0 Å². The van der Waals surface area contributed by atoms with Crippen LogP contribution in [0.2, 0.25) is 0 Å². The van der Waals surface area contributed by atoms with E-state index in [1.165, 1.54) is 51.4 Å². The second kappa shape index (κ2) is 9.90. The number of hydrogen-bond acceptors (Lipinski definition) is 2. The van der Waals surface area contributed by atoms with Crippen molar-refractivity contribution in [1.29, 1.82) is 0 Å². The molecule has 0 aromatic heterocycles. The summed E-state index contributed by atoms with van der Waals surface area (Å²) >= 11 is 0. The van der Waals surface area contributed by atoms with Gasteiger partial charge in [-0.25, -0.2) is 0 Å². The van der Waals surface area contributed by atoms with Crippen LogP contribution in [0.4, 0.5) is 0 Å². The third kappa shape index (κ3) is 7.77. The molecule has 1 atom stereocenters. The molecule has 17 heavy (non-hydrogen) atoms. The van der Waals surface area contributed by atoms with Crippen molar-refractivity contribution in [3.63, 3.8) is 0 Å². The summed E-state index contributed by atoms with van der Waals surface area (Å²) in [5.41, 5.74) is 0. The number of hydrogen-bond donors (Lipinski definition) is 1. The van der Waals surface area contributed by atoms with E-state index >= 15 is 0 Å². The van der Waals surface area contributed by atoms with Crippen molar-refractivity contribution in [2.75, 3.05) is 19.7 Å². The van der Waals surface area contributed by atoms with Crippen LogP contribution in [0.15, 0.2) is 0 Å². The first-order valence-electron chi connectivity index (χ1n) is 7.65. The van der Waals surface area contributed by atoms with Crippen molar-refractivity contribution >= 4 is 0 Å². The van der Waals surface area contributed by atoms with E-state index in [1.54, 1.807) is 0 Å². The van der Waals surface area contributed by atoms with E-state index in [0.717, 1.165) is 25.6 Å². The van der Waals surface area contributed by atoms with Gasteiger partial charge in [-0.15, -0.1) is 0 Å². The molecule has 1 saturated carbocycles. The Morgan fingerprint density at radius 1 is 1.18 bits per heavy atom. The van der Waals surface area contributed by atoms with Crippen molar-refractivity contribution in [2.24, 2.45) is 5.92 Å². The Morgan fingerprint density at radius 3 is 2.53 bits per heavy atom. The molecule has 0 aliphatic heterocycles. The van der Waals surface area contributed by atoms with Gasteiger partial charge in [0, 0.05) is 13.2 Å². The Hall–Kier alpha value is -0.0800. The normalized spacial score (nSPS) is 20.1. The molecule has 0 saturated heterocycles. The molecule has 0 aromatic rings. The van der Waals surface area contributed by atoms with E-state index in [-0.39, 0.29) is 0 Å². The standard InChI is InChI=1S/C15H31NO/c1-3-4-11-16-12-14(2)17-13-15-9-7-5-6-8-10-15/h14-16H,3-13H2,1-2H3. The Bertz CT molecular complexity index is 164. The zero-order chi connectivity index (χ0) is 12.3. The van der Waals surface area contributed by atoms with E-state index in [4.69, 9.17) is 4.74 Å². The highest BCUT2D eigenvalue weighted by Crippen LogP contribution is 2.23. The minimum atomic E-state index is 0.370. The fraction of sp³-hybridized carbons (Fsp3) is 1.00. The van der Waals surface area contributed by atoms with Crippen molar-refractivity contribution in [3.8, 4) is 0 Å². The molecule has 2 nitrogen and oxygen atoms in total. The average molecular weight is 241 g/mol. The van der Waals surface area contributed by atoms with E-state index in [1.807, 2.05) is 0 Å². The van der Waals surface area contributed by atoms with Crippen LogP contribution >= 0.6 is 0 Å². The zero-order valence-electron chi connectivity index (χ0n) is 11.8. The molecule has 0 bridgehead atoms. The predicted octanol–water partition coefficient (Wildman–Crippen LogP) is 3.75. The molecule has 0 heterocycles. The van der Waals surface area contributed by atoms with Gasteiger partial charge in [0.05, 0.1) is 6.10 Å². The van der Waals surface area contributed by atoms with Crippen LogP contribution in [0.3, 0.4) is 0 Å². The largest absolute Gasteiger partial charge is 0.377 e. The van der Waals surface area contributed by atoms with Gasteiger partial charge in [0.15, 0.2) is 0 Å². The Kier molecular flexibility index (Phi) is 8.72. The molecule has 1 aliphatic carbocycles. The zero-order valence-corrected chi connectivity index (χ0v) is 11.8. The molecule has 1 N–H and O–H groups in total. The highest BCUT2D eigenvalue weighted by molar-refractivity contribution is 4.65. The second-order valence-corrected chi connectivity index (χ2v) is 5.56. The molecule has 102 valence electrons. The Balaban J connectivity index is 1.99.